The number of aromatic nitrogens is 2. The monoisotopic (exact) mass is 184 g/mol. The summed E-state index contributed by atoms with van der Waals surface area (Å²) in [6, 6.07) is 0. The normalized spacial score (nSPS) is 10.0. The van der Waals surface area contributed by atoms with Crippen LogP contribution in [-0.2, 0) is 0 Å². The molecule has 0 aliphatic carbocycles. The van der Waals surface area contributed by atoms with E-state index in [0.29, 0.717) is 6.42 Å². The summed E-state index contributed by atoms with van der Waals surface area (Å²) in [7, 11) is 0. The number of rotatable bonds is 5. The van der Waals surface area contributed by atoms with Gasteiger partial charge >= 0.3 is 0 Å². The number of hydrogen-bond acceptors (Lipinski definition) is 3. The van der Waals surface area contributed by atoms with Gasteiger partial charge in [0.15, 0.2) is 5.16 Å². The Kier molecular flexibility index (Phi) is 3.66. The van der Waals surface area contributed by atoms with Gasteiger partial charge in [0, 0.05) is 24.6 Å². The topological polar surface area (TPSA) is 78.6 Å². The molecule has 0 unspecified atom stereocenters. The highest BCUT2D eigenvalue weighted by Gasteiger charge is 1.95. The minimum Gasteiger partial charge on any atom is -0.388 e. The lowest BCUT2D eigenvalue weighted by atomic mass is 10.3. The zero-order valence-corrected chi connectivity index (χ0v) is 7.53. The van der Waals surface area contributed by atoms with Crippen LogP contribution in [0, 0.1) is 5.41 Å². The zero-order chi connectivity index (χ0) is 8.81. The molecular formula is C7H12N4S. The first-order valence-corrected chi connectivity index (χ1v) is 4.72. The molecule has 0 radical (unpaired) electrons. The van der Waals surface area contributed by atoms with Crippen molar-refractivity contribution in [2.45, 2.75) is 18.0 Å². The number of nitrogens with one attached hydrogen (secondary N) is 2. The van der Waals surface area contributed by atoms with Crippen molar-refractivity contribution in [2.75, 3.05) is 5.75 Å². The van der Waals surface area contributed by atoms with Crippen LogP contribution < -0.4 is 5.73 Å². The molecule has 0 saturated carbocycles. The average Bonchev–Trinajstić information content (AvgIpc) is 2.49. The minimum absolute atomic E-state index is 0.259. The summed E-state index contributed by atoms with van der Waals surface area (Å²) < 4.78 is 0. The van der Waals surface area contributed by atoms with Crippen molar-refractivity contribution < 1.29 is 0 Å². The van der Waals surface area contributed by atoms with Gasteiger partial charge in [-0.25, -0.2) is 4.98 Å². The standard InChI is InChI=1S/C7H12N4S/c8-6(9)2-1-5-12-7-10-3-4-11-7/h3-4H,1-2,5H2,(H3,8,9)(H,10,11). The molecular weight excluding hydrogens is 172 g/mol. The van der Waals surface area contributed by atoms with E-state index in [4.69, 9.17) is 11.1 Å². The molecule has 0 saturated heterocycles. The number of hydrogen-bond donors (Lipinski definition) is 3. The summed E-state index contributed by atoms with van der Waals surface area (Å²) >= 11 is 1.65. The number of imidazole rings is 1. The molecule has 1 aromatic rings. The van der Waals surface area contributed by atoms with Gasteiger partial charge in [0.05, 0.1) is 5.84 Å². The quantitative estimate of drug-likeness (QED) is 0.278. The van der Waals surface area contributed by atoms with E-state index in [9.17, 15) is 0 Å². The van der Waals surface area contributed by atoms with Gasteiger partial charge in [-0.05, 0) is 6.42 Å². The number of amidine groups is 1. The van der Waals surface area contributed by atoms with Crippen LogP contribution in [0.1, 0.15) is 12.8 Å². The summed E-state index contributed by atoms with van der Waals surface area (Å²) in [5.41, 5.74) is 5.20. The van der Waals surface area contributed by atoms with Crippen molar-refractivity contribution in [1.82, 2.24) is 9.97 Å². The van der Waals surface area contributed by atoms with Crippen LogP contribution >= 0.6 is 11.8 Å². The van der Waals surface area contributed by atoms with Gasteiger partial charge in [-0.15, -0.1) is 0 Å². The Hall–Kier alpha value is -0.970. The summed E-state index contributed by atoms with van der Waals surface area (Å²) in [6.07, 6.45) is 5.13. The maximum absolute atomic E-state index is 6.99. The molecule has 0 atom stereocenters. The fraction of sp³-hybridized carbons (Fsp3) is 0.429. The second-order valence-corrected chi connectivity index (χ2v) is 3.46. The number of nitrogens with two attached hydrogens (primary N) is 1. The fourth-order valence-electron chi connectivity index (χ4n) is 0.761. The predicted molar refractivity (Wildman–Crippen MR) is 50.5 cm³/mol. The number of thioether (sulfide) groups is 1. The van der Waals surface area contributed by atoms with Gasteiger partial charge in [-0.3, -0.25) is 5.41 Å². The second-order valence-electron chi connectivity index (χ2n) is 2.37. The molecule has 0 aliphatic heterocycles. The Morgan fingerprint density at radius 3 is 3.17 bits per heavy atom. The Morgan fingerprint density at radius 1 is 1.75 bits per heavy atom. The van der Waals surface area contributed by atoms with Crippen LogP contribution in [0.2, 0.25) is 0 Å². The largest absolute Gasteiger partial charge is 0.388 e. The molecule has 5 heteroatoms. The van der Waals surface area contributed by atoms with Gasteiger partial charge in [-0.1, -0.05) is 11.8 Å². The van der Waals surface area contributed by atoms with Gasteiger partial charge in [0.25, 0.3) is 0 Å². The first kappa shape index (κ1) is 9.12. The molecule has 4 nitrogen and oxygen atoms in total. The average molecular weight is 184 g/mol. The third-order valence-corrected chi connectivity index (χ3v) is 2.29. The Morgan fingerprint density at radius 2 is 2.58 bits per heavy atom. The minimum atomic E-state index is 0.259. The van der Waals surface area contributed by atoms with Crippen molar-refractivity contribution in [3.63, 3.8) is 0 Å². The Bertz CT molecular complexity index is 232. The van der Waals surface area contributed by atoms with Crippen LogP contribution in [0.4, 0.5) is 0 Å². The molecule has 66 valence electrons. The molecule has 0 amide bonds. The van der Waals surface area contributed by atoms with E-state index in [1.807, 2.05) is 0 Å². The molecule has 1 heterocycles. The van der Waals surface area contributed by atoms with Crippen LogP contribution in [0.3, 0.4) is 0 Å². The summed E-state index contributed by atoms with van der Waals surface area (Å²) in [5.74, 6) is 1.21. The highest BCUT2D eigenvalue weighted by molar-refractivity contribution is 7.99. The van der Waals surface area contributed by atoms with Crippen LogP contribution in [-0.4, -0.2) is 21.6 Å². The smallest absolute Gasteiger partial charge is 0.165 e. The molecule has 0 aliphatic rings. The van der Waals surface area contributed by atoms with Crippen molar-refractivity contribution in [3.05, 3.63) is 12.4 Å². The molecule has 0 aromatic carbocycles. The molecule has 4 N–H and O–H groups in total. The van der Waals surface area contributed by atoms with Crippen molar-refractivity contribution in [2.24, 2.45) is 5.73 Å². The van der Waals surface area contributed by atoms with E-state index in [0.717, 1.165) is 17.3 Å². The van der Waals surface area contributed by atoms with Crippen molar-refractivity contribution in [3.8, 4) is 0 Å². The lowest BCUT2D eigenvalue weighted by Gasteiger charge is -1.96. The lowest BCUT2D eigenvalue weighted by Crippen LogP contribution is -2.08. The van der Waals surface area contributed by atoms with Gasteiger partial charge in [0.2, 0.25) is 0 Å². The van der Waals surface area contributed by atoms with E-state index in [1.165, 1.54) is 0 Å². The van der Waals surface area contributed by atoms with Gasteiger partial charge < -0.3 is 10.7 Å². The SMILES string of the molecule is N=C(N)CCCSc1ncc[nH]1. The number of nitrogens with zero attached hydrogens (tertiary/aromatic N) is 1. The highest BCUT2D eigenvalue weighted by atomic mass is 32.2. The zero-order valence-electron chi connectivity index (χ0n) is 6.71. The summed E-state index contributed by atoms with van der Waals surface area (Å²) in [5, 5.41) is 7.92. The third-order valence-electron chi connectivity index (χ3n) is 1.30. The van der Waals surface area contributed by atoms with Crippen LogP contribution in [0.5, 0.6) is 0 Å². The number of H-pyrrole nitrogens is 1. The Labute approximate surface area is 75.5 Å². The summed E-state index contributed by atoms with van der Waals surface area (Å²) in [6.45, 7) is 0. The maximum atomic E-state index is 6.99. The van der Waals surface area contributed by atoms with E-state index < -0.39 is 0 Å². The molecule has 1 rings (SSSR count). The molecule has 1 aromatic heterocycles. The lowest BCUT2D eigenvalue weighted by molar-refractivity contribution is 0.976. The molecule has 0 bridgehead atoms. The Balaban J connectivity index is 2.07. The van der Waals surface area contributed by atoms with Crippen molar-refractivity contribution >= 4 is 17.6 Å². The second kappa shape index (κ2) is 4.82. The summed E-state index contributed by atoms with van der Waals surface area (Å²) in [4.78, 5) is 7.05. The van der Waals surface area contributed by atoms with Crippen LogP contribution in [0.25, 0.3) is 0 Å². The maximum Gasteiger partial charge on any atom is 0.165 e. The van der Waals surface area contributed by atoms with Gasteiger partial charge in [-0.2, -0.15) is 0 Å². The first-order valence-electron chi connectivity index (χ1n) is 3.74. The van der Waals surface area contributed by atoms with Crippen molar-refractivity contribution in [1.29, 1.82) is 5.41 Å². The number of aromatic amines is 1. The van der Waals surface area contributed by atoms with E-state index in [2.05, 4.69) is 9.97 Å². The van der Waals surface area contributed by atoms with E-state index in [-0.39, 0.29) is 5.84 Å². The molecule has 0 spiro atoms. The van der Waals surface area contributed by atoms with Gasteiger partial charge in [0.1, 0.15) is 0 Å². The van der Waals surface area contributed by atoms with E-state index >= 15 is 0 Å². The van der Waals surface area contributed by atoms with Crippen LogP contribution in [0.15, 0.2) is 17.6 Å². The first-order chi connectivity index (χ1) is 5.79. The predicted octanol–water partition coefficient (Wildman–Crippen LogP) is 1.22. The van der Waals surface area contributed by atoms with E-state index in [1.54, 1.807) is 24.2 Å². The highest BCUT2D eigenvalue weighted by Crippen LogP contribution is 2.13. The molecule has 12 heavy (non-hydrogen) atoms. The fourth-order valence-corrected chi connectivity index (χ4v) is 1.53. The molecule has 0 fully saturated rings. The third kappa shape index (κ3) is 3.43.